The van der Waals surface area contributed by atoms with Gasteiger partial charge < -0.3 is 10.1 Å². The second-order valence-electron chi connectivity index (χ2n) is 7.97. The van der Waals surface area contributed by atoms with E-state index in [1.807, 2.05) is 37.3 Å². The Morgan fingerprint density at radius 3 is 2.55 bits per heavy atom. The third-order valence-corrected chi connectivity index (χ3v) is 5.83. The van der Waals surface area contributed by atoms with Crippen LogP contribution < -0.4 is 5.32 Å². The van der Waals surface area contributed by atoms with Crippen LogP contribution in [0.25, 0.3) is 5.69 Å². The molecule has 29 heavy (non-hydrogen) atoms. The van der Waals surface area contributed by atoms with Crippen LogP contribution in [-0.4, -0.2) is 34.0 Å². The molecular weight excluding hydrogens is 370 g/mol. The number of anilines is 1. The number of hydrogen-bond acceptors (Lipinski definition) is 5. The zero-order valence-electron chi connectivity index (χ0n) is 16.5. The van der Waals surface area contributed by atoms with E-state index in [1.54, 1.807) is 10.7 Å². The first-order chi connectivity index (χ1) is 14.0. The van der Waals surface area contributed by atoms with Gasteiger partial charge in [-0.2, -0.15) is 5.10 Å². The summed E-state index contributed by atoms with van der Waals surface area (Å²) in [6, 6.07) is 11.2. The highest BCUT2D eigenvalue weighted by molar-refractivity contribution is 5.93. The lowest BCUT2D eigenvalue weighted by Crippen LogP contribution is -2.40. The van der Waals surface area contributed by atoms with E-state index in [2.05, 4.69) is 10.4 Å². The molecule has 0 aliphatic heterocycles. The molecule has 2 bridgehead atoms. The third kappa shape index (κ3) is 4.23. The van der Waals surface area contributed by atoms with Gasteiger partial charge in [0.15, 0.2) is 6.61 Å². The first kappa shape index (κ1) is 19.4. The first-order valence-electron chi connectivity index (χ1n) is 10.1. The van der Waals surface area contributed by atoms with Crippen LogP contribution in [0, 0.1) is 24.7 Å². The van der Waals surface area contributed by atoms with Gasteiger partial charge in [-0.1, -0.05) is 24.6 Å². The summed E-state index contributed by atoms with van der Waals surface area (Å²) in [5, 5.41) is 7.17. The number of para-hydroxylation sites is 1. The molecule has 0 spiro atoms. The number of ketones is 1. The minimum atomic E-state index is -0.414. The topological polar surface area (TPSA) is 90.3 Å². The van der Waals surface area contributed by atoms with Crippen molar-refractivity contribution in [2.75, 3.05) is 11.9 Å². The molecule has 152 valence electrons. The molecule has 3 atom stereocenters. The Morgan fingerprint density at radius 2 is 1.86 bits per heavy atom. The van der Waals surface area contributed by atoms with E-state index in [0.29, 0.717) is 24.4 Å². The predicted octanol–water partition coefficient (Wildman–Crippen LogP) is 3.06. The van der Waals surface area contributed by atoms with Crippen LogP contribution in [0.15, 0.2) is 36.4 Å². The van der Waals surface area contributed by atoms with Crippen molar-refractivity contribution in [3.8, 4) is 5.69 Å². The van der Waals surface area contributed by atoms with Crippen LogP contribution in [0.1, 0.15) is 37.8 Å². The Labute approximate surface area is 169 Å². The first-order valence-corrected chi connectivity index (χ1v) is 10.1. The van der Waals surface area contributed by atoms with Gasteiger partial charge in [0.25, 0.3) is 5.91 Å². The number of aromatic nitrogens is 2. The molecule has 1 aromatic heterocycles. The molecule has 0 radical (unpaired) electrons. The fourth-order valence-electron chi connectivity index (χ4n) is 4.46. The van der Waals surface area contributed by atoms with E-state index < -0.39 is 5.91 Å². The van der Waals surface area contributed by atoms with E-state index in [-0.39, 0.29) is 30.3 Å². The molecular formula is C22H25N3O4. The number of nitrogens with zero attached hydrogens (tertiary/aromatic N) is 2. The number of aryl methyl sites for hydroxylation is 1. The number of rotatable bonds is 5. The molecule has 2 aromatic rings. The summed E-state index contributed by atoms with van der Waals surface area (Å²) in [7, 11) is 0. The molecule has 1 unspecified atom stereocenters. The number of hydrogen-bond donors (Lipinski definition) is 1. The summed E-state index contributed by atoms with van der Waals surface area (Å²) in [5.41, 5.74) is 1.59. The van der Waals surface area contributed by atoms with Crippen LogP contribution in [-0.2, 0) is 19.1 Å². The summed E-state index contributed by atoms with van der Waals surface area (Å²) in [6.07, 6.45) is 3.89. The van der Waals surface area contributed by atoms with Gasteiger partial charge in [0.1, 0.15) is 11.6 Å². The quantitative estimate of drug-likeness (QED) is 0.786. The minimum Gasteiger partial charge on any atom is -0.455 e. The van der Waals surface area contributed by atoms with Gasteiger partial charge in [0.2, 0.25) is 0 Å². The molecule has 2 aliphatic carbocycles. The van der Waals surface area contributed by atoms with Crippen molar-refractivity contribution in [1.29, 1.82) is 0 Å². The van der Waals surface area contributed by atoms with Gasteiger partial charge in [0.05, 0.1) is 17.3 Å². The maximum atomic E-state index is 12.5. The highest BCUT2D eigenvalue weighted by atomic mass is 16.5. The van der Waals surface area contributed by atoms with Gasteiger partial charge in [-0.05, 0) is 44.7 Å². The lowest BCUT2D eigenvalue weighted by molar-refractivity contribution is -0.155. The molecule has 2 aliphatic rings. The van der Waals surface area contributed by atoms with Gasteiger partial charge in [-0.15, -0.1) is 0 Å². The van der Waals surface area contributed by atoms with E-state index in [0.717, 1.165) is 30.6 Å². The Kier molecular flexibility index (Phi) is 5.47. The predicted molar refractivity (Wildman–Crippen MR) is 106 cm³/mol. The maximum Gasteiger partial charge on any atom is 0.309 e. The van der Waals surface area contributed by atoms with Gasteiger partial charge in [-0.25, -0.2) is 4.68 Å². The minimum absolute atomic E-state index is 0.0166. The number of benzene rings is 1. The molecule has 7 heteroatoms. The zero-order chi connectivity index (χ0) is 20.4. The van der Waals surface area contributed by atoms with Gasteiger partial charge in [0, 0.05) is 17.9 Å². The van der Waals surface area contributed by atoms with E-state index in [1.165, 1.54) is 0 Å². The van der Waals surface area contributed by atoms with Crippen molar-refractivity contribution >= 4 is 23.5 Å². The van der Waals surface area contributed by atoms with Crippen molar-refractivity contribution in [1.82, 2.24) is 9.78 Å². The van der Waals surface area contributed by atoms with Crippen LogP contribution in [0.2, 0.25) is 0 Å². The number of carbonyl (C=O) groups excluding carboxylic acids is 3. The molecule has 0 saturated heterocycles. The Morgan fingerprint density at radius 1 is 1.17 bits per heavy atom. The normalized spacial score (nSPS) is 23.5. The van der Waals surface area contributed by atoms with E-state index in [4.69, 9.17) is 4.74 Å². The van der Waals surface area contributed by atoms with Crippen LogP contribution >= 0.6 is 0 Å². The Balaban J connectivity index is 1.34. The lowest BCUT2D eigenvalue weighted by Gasteiger charge is -2.36. The highest BCUT2D eigenvalue weighted by Crippen LogP contribution is 2.40. The summed E-state index contributed by atoms with van der Waals surface area (Å²) in [6.45, 7) is 1.49. The largest absolute Gasteiger partial charge is 0.455 e. The fraction of sp³-hybridized carbons (Fsp3) is 0.455. The lowest BCUT2D eigenvalue weighted by atomic mass is 9.67. The van der Waals surface area contributed by atoms with Crippen molar-refractivity contribution in [2.45, 2.75) is 39.0 Å². The van der Waals surface area contributed by atoms with Crippen LogP contribution in [0.4, 0.5) is 5.82 Å². The summed E-state index contributed by atoms with van der Waals surface area (Å²) in [5.74, 6) is -0.281. The third-order valence-electron chi connectivity index (χ3n) is 5.83. The molecule has 1 amide bonds. The van der Waals surface area contributed by atoms with Crippen LogP contribution in [0.5, 0.6) is 0 Å². The van der Waals surface area contributed by atoms with E-state index >= 15 is 0 Å². The number of amides is 1. The summed E-state index contributed by atoms with van der Waals surface area (Å²) >= 11 is 0. The summed E-state index contributed by atoms with van der Waals surface area (Å²) < 4.78 is 6.92. The number of Topliss-reactive ketones (excluding diaryl/α,β-unsaturated/α-hetero) is 1. The van der Waals surface area contributed by atoms with Crippen molar-refractivity contribution in [3.63, 3.8) is 0 Å². The molecule has 1 aromatic carbocycles. The van der Waals surface area contributed by atoms with Crippen molar-refractivity contribution in [3.05, 3.63) is 42.1 Å². The smallest absolute Gasteiger partial charge is 0.309 e. The number of nitrogens with one attached hydrogen (secondary N) is 1. The highest BCUT2D eigenvalue weighted by Gasteiger charge is 2.41. The molecule has 2 fully saturated rings. The second-order valence-corrected chi connectivity index (χ2v) is 7.97. The number of ether oxygens (including phenoxy) is 1. The monoisotopic (exact) mass is 395 g/mol. The average Bonchev–Trinajstić information content (AvgIpc) is 3.06. The summed E-state index contributed by atoms with van der Waals surface area (Å²) in [4.78, 5) is 37.0. The molecule has 7 nitrogen and oxygen atoms in total. The number of carbonyl (C=O) groups is 3. The SMILES string of the molecule is Cc1cc(NC(=O)COC(=O)C2C[C@H]3CCC[C@@H](C2)C3=O)n(-c2ccccc2)n1. The number of esters is 1. The zero-order valence-corrected chi connectivity index (χ0v) is 16.5. The van der Waals surface area contributed by atoms with Crippen molar-refractivity contribution in [2.24, 2.45) is 17.8 Å². The van der Waals surface area contributed by atoms with Crippen molar-refractivity contribution < 1.29 is 19.1 Å². The molecule has 1 heterocycles. The van der Waals surface area contributed by atoms with Gasteiger partial charge >= 0.3 is 5.97 Å². The second kappa shape index (κ2) is 8.19. The molecule has 1 N–H and O–H groups in total. The molecule has 2 saturated carbocycles. The standard InChI is InChI=1S/C22H25N3O4/c1-14-10-19(25(24-14)18-8-3-2-4-9-18)23-20(26)13-29-22(28)17-11-15-6-5-7-16(12-17)21(15)27/h2-4,8-10,15-17H,5-7,11-13H2,1H3,(H,23,26)/t15-,16+,17?. The Bertz CT molecular complexity index is 905. The average molecular weight is 395 g/mol. The fourth-order valence-corrected chi connectivity index (χ4v) is 4.46. The Hall–Kier alpha value is -2.96. The molecule has 4 rings (SSSR count). The van der Waals surface area contributed by atoms with E-state index in [9.17, 15) is 14.4 Å². The number of fused-ring (bicyclic) bond motifs is 2. The maximum absolute atomic E-state index is 12.5. The van der Waals surface area contributed by atoms with Crippen LogP contribution in [0.3, 0.4) is 0 Å². The van der Waals surface area contributed by atoms with Gasteiger partial charge in [-0.3, -0.25) is 14.4 Å².